The summed E-state index contributed by atoms with van der Waals surface area (Å²) in [5, 5.41) is 9.04. The Morgan fingerprint density at radius 1 is 1.35 bits per heavy atom. The summed E-state index contributed by atoms with van der Waals surface area (Å²) in [4.78, 5) is 0. The van der Waals surface area contributed by atoms with E-state index in [1.807, 2.05) is 0 Å². The molecule has 1 rings (SSSR count). The molecule has 1 aromatic carbocycles. The van der Waals surface area contributed by atoms with E-state index in [1.165, 1.54) is 25.3 Å². The fraction of sp³-hybridized carbons (Fsp3) is 0.455. The Kier molecular flexibility index (Phi) is 4.00. The van der Waals surface area contributed by atoms with Crippen molar-refractivity contribution >= 4 is 0 Å². The molecule has 0 amide bonds. The standard InChI is InChI=1S/C11H14F3NO2/c1-6-5-7(3-4-8(6)17-2)9(15)10(16)11(12,13)14/h3-5,9-10,16H,15H2,1-2H3/t9-,10-/m0/s1. The summed E-state index contributed by atoms with van der Waals surface area (Å²) in [6.45, 7) is 1.69. The van der Waals surface area contributed by atoms with E-state index in [4.69, 9.17) is 15.6 Å². The molecule has 17 heavy (non-hydrogen) atoms. The lowest BCUT2D eigenvalue weighted by Crippen LogP contribution is -2.38. The Morgan fingerprint density at radius 3 is 2.35 bits per heavy atom. The number of hydrogen-bond acceptors (Lipinski definition) is 3. The van der Waals surface area contributed by atoms with Gasteiger partial charge in [-0.15, -0.1) is 0 Å². The summed E-state index contributed by atoms with van der Waals surface area (Å²) in [6, 6.07) is 2.90. The van der Waals surface area contributed by atoms with Gasteiger partial charge in [0.15, 0.2) is 6.10 Å². The van der Waals surface area contributed by atoms with Crippen molar-refractivity contribution < 1.29 is 23.0 Å². The first-order valence-corrected chi connectivity index (χ1v) is 4.92. The number of aliphatic hydroxyl groups excluding tert-OH is 1. The van der Waals surface area contributed by atoms with Crippen LogP contribution in [-0.2, 0) is 0 Å². The smallest absolute Gasteiger partial charge is 0.416 e. The molecular weight excluding hydrogens is 235 g/mol. The predicted octanol–water partition coefficient (Wildman–Crippen LogP) is 1.93. The maximum Gasteiger partial charge on any atom is 0.416 e. The second kappa shape index (κ2) is 4.93. The number of benzene rings is 1. The first-order chi connectivity index (χ1) is 7.77. The van der Waals surface area contributed by atoms with Gasteiger partial charge in [0.05, 0.1) is 13.2 Å². The highest BCUT2D eigenvalue weighted by molar-refractivity contribution is 5.37. The monoisotopic (exact) mass is 249 g/mol. The molecule has 1 aromatic rings. The van der Waals surface area contributed by atoms with Crippen LogP contribution in [0.3, 0.4) is 0 Å². The number of hydrogen-bond donors (Lipinski definition) is 2. The molecule has 0 bridgehead atoms. The lowest BCUT2D eigenvalue weighted by atomic mass is 10.00. The van der Waals surface area contributed by atoms with Crippen molar-refractivity contribution in [2.75, 3.05) is 7.11 Å². The zero-order valence-corrected chi connectivity index (χ0v) is 9.45. The summed E-state index contributed by atoms with van der Waals surface area (Å²) < 4.78 is 41.8. The van der Waals surface area contributed by atoms with Crippen LogP contribution in [-0.4, -0.2) is 24.5 Å². The highest BCUT2D eigenvalue weighted by Crippen LogP contribution is 2.30. The van der Waals surface area contributed by atoms with Crippen molar-refractivity contribution in [3.05, 3.63) is 29.3 Å². The predicted molar refractivity (Wildman–Crippen MR) is 56.7 cm³/mol. The molecule has 0 fully saturated rings. The number of methoxy groups -OCH3 is 1. The molecule has 0 aliphatic rings. The average molecular weight is 249 g/mol. The van der Waals surface area contributed by atoms with Crippen LogP contribution < -0.4 is 10.5 Å². The fourth-order valence-corrected chi connectivity index (χ4v) is 1.49. The van der Waals surface area contributed by atoms with E-state index in [0.29, 0.717) is 11.3 Å². The highest BCUT2D eigenvalue weighted by atomic mass is 19.4. The third kappa shape index (κ3) is 3.10. The molecule has 0 radical (unpaired) electrons. The van der Waals surface area contributed by atoms with Gasteiger partial charge < -0.3 is 15.6 Å². The normalized spacial score (nSPS) is 15.5. The van der Waals surface area contributed by atoms with Crippen LogP contribution in [0.15, 0.2) is 18.2 Å². The van der Waals surface area contributed by atoms with Crippen molar-refractivity contribution in [2.24, 2.45) is 5.73 Å². The van der Waals surface area contributed by atoms with Crippen molar-refractivity contribution in [3.63, 3.8) is 0 Å². The van der Waals surface area contributed by atoms with Gasteiger partial charge >= 0.3 is 6.18 Å². The number of nitrogens with two attached hydrogens (primary N) is 1. The van der Waals surface area contributed by atoms with E-state index >= 15 is 0 Å². The van der Waals surface area contributed by atoms with Crippen molar-refractivity contribution in [2.45, 2.75) is 25.2 Å². The Balaban J connectivity index is 2.97. The number of rotatable bonds is 3. The quantitative estimate of drug-likeness (QED) is 0.860. The van der Waals surface area contributed by atoms with E-state index in [2.05, 4.69) is 0 Å². The number of ether oxygens (including phenoxy) is 1. The number of halogens is 3. The number of aryl methyl sites for hydroxylation is 1. The second-order valence-electron chi connectivity index (χ2n) is 3.74. The molecule has 0 aliphatic carbocycles. The van der Waals surface area contributed by atoms with Gasteiger partial charge in [-0.3, -0.25) is 0 Å². The minimum Gasteiger partial charge on any atom is -0.496 e. The topological polar surface area (TPSA) is 55.5 Å². The lowest BCUT2D eigenvalue weighted by molar-refractivity contribution is -0.210. The second-order valence-corrected chi connectivity index (χ2v) is 3.74. The minimum atomic E-state index is -4.73. The molecule has 0 saturated carbocycles. The Labute approximate surface area is 97.0 Å². The summed E-state index contributed by atoms with van der Waals surface area (Å²) in [5.74, 6) is 0.558. The molecule has 6 heteroatoms. The molecule has 3 nitrogen and oxygen atoms in total. The van der Waals surface area contributed by atoms with Crippen LogP contribution in [0.1, 0.15) is 17.2 Å². The van der Waals surface area contributed by atoms with Crippen molar-refractivity contribution in [3.8, 4) is 5.75 Å². The minimum absolute atomic E-state index is 0.216. The Morgan fingerprint density at radius 2 is 1.94 bits per heavy atom. The van der Waals surface area contributed by atoms with E-state index in [0.717, 1.165) is 0 Å². The van der Waals surface area contributed by atoms with Crippen molar-refractivity contribution in [1.29, 1.82) is 0 Å². The molecule has 0 heterocycles. The van der Waals surface area contributed by atoms with Crippen LogP contribution >= 0.6 is 0 Å². The van der Waals surface area contributed by atoms with Gasteiger partial charge in [0, 0.05) is 0 Å². The van der Waals surface area contributed by atoms with E-state index in [1.54, 1.807) is 6.92 Å². The molecule has 96 valence electrons. The Hall–Kier alpha value is -1.27. The third-order valence-corrected chi connectivity index (χ3v) is 2.48. The zero-order valence-electron chi connectivity index (χ0n) is 9.45. The van der Waals surface area contributed by atoms with Crippen LogP contribution in [0.2, 0.25) is 0 Å². The SMILES string of the molecule is COc1ccc([C@H](N)[C@H](O)C(F)(F)F)cc1C. The van der Waals surface area contributed by atoms with Crippen LogP contribution in [0.5, 0.6) is 5.75 Å². The van der Waals surface area contributed by atoms with Gasteiger partial charge in [0.2, 0.25) is 0 Å². The molecule has 0 aliphatic heterocycles. The molecule has 0 unspecified atom stereocenters. The number of aliphatic hydroxyl groups is 1. The average Bonchev–Trinajstić information content (AvgIpc) is 2.25. The Bertz CT molecular complexity index is 393. The van der Waals surface area contributed by atoms with Gasteiger partial charge in [0.1, 0.15) is 5.75 Å². The highest BCUT2D eigenvalue weighted by Gasteiger charge is 2.42. The summed E-state index contributed by atoms with van der Waals surface area (Å²) >= 11 is 0. The maximum absolute atomic E-state index is 12.3. The summed E-state index contributed by atoms with van der Waals surface area (Å²) in [7, 11) is 1.46. The van der Waals surface area contributed by atoms with E-state index < -0.39 is 18.3 Å². The first kappa shape index (κ1) is 13.8. The van der Waals surface area contributed by atoms with Gasteiger partial charge in [-0.2, -0.15) is 13.2 Å². The number of alkyl halides is 3. The van der Waals surface area contributed by atoms with Gasteiger partial charge in [-0.1, -0.05) is 12.1 Å². The molecule has 3 N–H and O–H groups in total. The van der Waals surface area contributed by atoms with Gasteiger partial charge in [-0.25, -0.2) is 0 Å². The zero-order chi connectivity index (χ0) is 13.2. The van der Waals surface area contributed by atoms with Gasteiger partial charge in [0.25, 0.3) is 0 Å². The summed E-state index contributed by atoms with van der Waals surface area (Å²) in [6.07, 6.45) is -7.30. The molecule has 2 atom stereocenters. The molecule has 0 saturated heterocycles. The van der Waals surface area contributed by atoms with Crippen LogP contribution in [0, 0.1) is 6.92 Å². The van der Waals surface area contributed by atoms with E-state index in [-0.39, 0.29) is 5.56 Å². The van der Waals surface area contributed by atoms with Crippen molar-refractivity contribution in [1.82, 2.24) is 0 Å². The fourth-order valence-electron chi connectivity index (χ4n) is 1.49. The molecular formula is C11H14F3NO2. The largest absolute Gasteiger partial charge is 0.496 e. The summed E-state index contributed by atoms with van der Waals surface area (Å²) in [5.41, 5.74) is 6.25. The molecule has 0 aromatic heterocycles. The molecule has 0 spiro atoms. The first-order valence-electron chi connectivity index (χ1n) is 4.92. The third-order valence-electron chi connectivity index (χ3n) is 2.48. The van der Waals surface area contributed by atoms with Crippen LogP contribution in [0.4, 0.5) is 13.2 Å². The van der Waals surface area contributed by atoms with E-state index in [9.17, 15) is 13.2 Å². The van der Waals surface area contributed by atoms with Crippen LogP contribution in [0.25, 0.3) is 0 Å². The van der Waals surface area contributed by atoms with Gasteiger partial charge in [-0.05, 0) is 24.1 Å². The maximum atomic E-state index is 12.3. The lowest BCUT2D eigenvalue weighted by Gasteiger charge is -2.22.